The summed E-state index contributed by atoms with van der Waals surface area (Å²) in [5.74, 6) is -2.03. The number of ether oxygens (including phenoxy) is 3. The molecule has 2 aromatic heterocycles. The molecule has 1 amide bonds. The number of benzene rings is 1. The molecule has 2 atom stereocenters. The van der Waals surface area contributed by atoms with Crippen LogP contribution in [-0.2, 0) is 21.7 Å². The highest BCUT2D eigenvalue weighted by Crippen LogP contribution is 2.47. The zero-order chi connectivity index (χ0) is 31.4. The number of rotatable bonds is 5. The second-order valence-electron chi connectivity index (χ2n) is 10.9. The minimum atomic E-state index is -5.01. The second-order valence-corrected chi connectivity index (χ2v) is 10.9. The molecule has 1 aromatic carbocycles. The Labute approximate surface area is 244 Å². The first kappa shape index (κ1) is 31.9. The SMILES string of the molecule is C[C@@H]1CC=CCC[C@](OCc2ccccc2)(C(F)(F)F)c2nnc(o2)-c2nc(c(C(F)F)cc2NC(=O)OC(C)(C)C)O1. The Balaban J connectivity index is 1.88. The van der Waals surface area contributed by atoms with E-state index in [4.69, 9.17) is 18.6 Å². The summed E-state index contributed by atoms with van der Waals surface area (Å²) >= 11 is 0. The number of halogens is 5. The van der Waals surface area contributed by atoms with E-state index in [-0.39, 0.29) is 18.5 Å². The molecule has 4 rings (SSSR count). The predicted molar refractivity (Wildman–Crippen MR) is 144 cm³/mol. The number of hydrogen-bond acceptors (Lipinski definition) is 8. The maximum Gasteiger partial charge on any atom is 0.426 e. The summed E-state index contributed by atoms with van der Waals surface area (Å²) in [5, 5.41) is 9.77. The maximum absolute atomic E-state index is 14.9. The molecular weight excluding hydrogens is 579 g/mol. The van der Waals surface area contributed by atoms with Crippen LogP contribution in [0.3, 0.4) is 0 Å². The summed E-state index contributed by atoms with van der Waals surface area (Å²) in [6, 6.07) is 9.14. The highest BCUT2D eigenvalue weighted by atomic mass is 19.4. The van der Waals surface area contributed by atoms with E-state index in [0.717, 1.165) is 6.07 Å². The number of allylic oxidation sites excluding steroid dienone is 1. The number of hydrogen-bond donors (Lipinski definition) is 1. The minimum Gasteiger partial charge on any atom is -0.474 e. The van der Waals surface area contributed by atoms with Gasteiger partial charge in [0.2, 0.25) is 11.5 Å². The number of amides is 1. The van der Waals surface area contributed by atoms with Gasteiger partial charge in [-0.15, -0.1) is 10.2 Å². The fourth-order valence-corrected chi connectivity index (χ4v) is 4.21. The molecule has 0 aliphatic carbocycles. The van der Waals surface area contributed by atoms with Gasteiger partial charge in [0.15, 0.2) is 5.69 Å². The van der Waals surface area contributed by atoms with Crippen LogP contribution in [0.4, 0.5) is 32.4 Å². The molecule has 9 nitrogen and oxygen atoms in total. The molecule has 0 unspecified atom stereocenters. The van der Waals surface area contributed by atoms with Crippen molar-refractivity contribution in [1.82, 2.24) is 15.2 Å². The van der Waals surface area contributed by atoms with Gasteiger partial charge >= 0.3 is 12.3 Å². The van der Waals surface area contributed by atoms with Gasteiger partial charge in [-0.1, -0.05) is 42.5 Å². The van der Waals surface area contributed by atoms with E-state index in [1.807, 2.05) is 0 Å². The van der Waals surface area contributed by atoms with Gasteiger partial charge in [-0.25, -0.2) is 18.6 Å². The standard InChI is InChI=1S/C29H31F5N4O5/c1-17-11-7-6-10-14-28(29(32,33)34,40-16-18-12-8-5-9-13-18)25-38-37-24(42-25)21-20(35-26(39)43-27(2,3)4)15-19(22(30)31)23(36-21)41-17/h5-9,12-13,15,17,22H,10-11,14,16H2,1-4H3,(H,35,39)/t17-,28-/m1/s1. The molecule has 0 saturated carbocycles. The first-order chi connectivity index (χ1) is 20.2. The number of aromatic nitrogens is 3. The van der Waals surface area contributed by atoms with Gasteiger partial charge in [-0.3, -0.25) is 5.32 Å². The van der Waals surface area contributed by atoms with Gasteiger partial charge in [0.05, 0.1) is 17.9 Å². The van der Waals surface area contributed by atoms with Crippen molar-refractivity contribution in [3.8, 4) is 17.5 Å². The Morgan fingerprint density at radius 3 is 2.51 bits per heavy atom. The van der Waals surface area contributed by atoms with E-state index in [0.29, 0.717) is 5.56 Å². The van der Waals surface area contributed by atoms with Crippen LogP contribution in [0, 0.1) is 0 Å². The zero-order valence-electron chi connectivity index (χ0n) is 23.9. The number of alkyl halides is 5. The molecule has 0 radical (unpaired) electrons. The van der Waals surface area contributed by atoms with Gasteiger partial charge in [0.25, 0.3) is 18.2 Å². The van der Waals surface area contributed by atoms with Gasteiger partial charge in [-0.05, 0) is 52.2 Å². The van der Waals surface area contributed by atoms with Crippen LogP contribution in [0.1, 0.15) is 70.4 Å². The third-order valence-electron chi connectivity index (χ3n) is 6.26. The maximum atomic E-state index is 14.9. The Hall–Kier alpha value is -4.07. The molecule has 0 saturated heterocycles. The molecule has 0 spiro atoms. The van der Waals surface area contributed by atoms with E-state index in [1.54, 1.807) is 64.1 Å². The first-order valence-electron chi connectivity index (χ1n) is 13.4. The molecule has 14 heteroatoms. The quantitative estimate of drug-likeness (QED) is 0.229. The molecule has 1 N–H and O–H groups in total. The summed E-state index contributed by atoms with van der Waals surface area (Å²) in [7, 11) is 0. The third-order valence-corrected chi connectivity index (χ3v) is 6.26. The summed E-state index contributed by atoms with van der Waals surface area (Å²) in [5.41, 5.74) is -4.95. The number of anilines is 1. The summed E-state index contributed by atoms with van der Waals surface area (Å²) < 4.78 is 95.0. The van der Waals surface area contributed by atoms with Crippen LogP contribution >= 0.6 is 0 Å². The topological polar surface area (TPSA) is 109 Å². The van der Waals surface area contributed by atoms with Gasteiger partial charge in [0.1, 0.15) is 11.7 Å². The molecule has 43 heavy (non-hydrogen) atoms. The summed E-state index contributed by atoms with van der Waals surface area (Å²) in [6.07, 6.45) is -7.26. The second kappa shape index (κ2) is 12.7. The number of nitrogens with one attached hydrogen (secondary N) is 1. The number of nitrogens with zero attached hydrogens (tertiary/aromatic N) is 3. The van der Waals surface area contributed by atoms with Crippen LogP contribution in [0.2, 0.25) is 0 Å². The molecule has 232 valence electrons. The van der Waals surface area contributed by atoms with E-state index in [2.05, 4.69) is 20.5 Å². The molecule has 3 heterocycles. The third kappa shape index (κ3) is 7.66. The number of carbonyl (C=O) groups excluding carboxylic acids is 1. The van der Waals surface area contributed by atoms with Gasteiger partial charge < -0.3 is 18.6 Å². The first-order valence-corrected chi connectivity index (χ1v) is 13.4. The fraction of sp³-hybridized carbons (Fsp3) is 0.448. The lowest BCUT2D eigenvalue weighted by Gasteiger charge is -2.32. The van der Waals surface area contributed by atoms with Gasteiger partial charge in [0, 0.05) is 6.42 Å². The molecular formula is C29H31F5N4O5. The minimum absolute atomic E-state index is 0.101. The van der Waals surface area contributed by atoms with Crippen LogP contribution in [0.25, 0.3) is 11.6 Å². The lowest BCUT2D eigenvalue weighted by Crippen LogP contribution is -2.45. The Bertz CT molecular complexity index is 1440. The van der Waals surface area contributed by atoms with Crippen molar-refractivity contribution in [3.63, 3.8) is 0 Å². The van der Waals surface area contributed by atoms with Crippen molar-refractivity contribution in [2.24, 2.45) is 0 Å². The monoisotopic (exact) mass is 610 g/mol. The lowest BCUT2D eigenvalue weighted by molar-refractivity contribution is -0.299. The predicted octanol–water partition coefficient (Wildman–Crippen LogP) is 7.90. The van der Waals surface area contributed by atoms with Crippen molar-refractivity contribution < 1.29 is 45.4 Å². The fourth-order valence-electron chi connectivity index (χ4n) is 4.21. The molecule has 1 aliphatic heterocycles. The van der Waals surface area contributed by atoms with E-state index in [1.165, 1.54) is 6.08 Å². The average Bonchev–Trinajstić information content (AvgIpc) is 3.39. The normalized spacial score (nSPS) is 19.4. The number of fused-ring (bicyclic) bond motifs is 5. The summed E-state index contributed by atoms with van der Waals surface area (Å²) in [6.45, 7) is 5.92. The highest BCUT2D eigenvalue weighted by molar-refractivity contribution is 5.89. The number of carbonyl (C=O) groups is 1. The largest absolute Gasteiger partial charge is 0.474 e. The zero-order valence-corrected chi connectivity index (χ0v) is 23.9. The van der Waals surface area contributed by atoms with Crippen molar-refractivity contribution in [3.05, 3.63) is 65.6 Å². The van der Waals surface area contributed by atoms with Crippen molar-refractivity contribution >= 4 is 11.8 Å². The van der Waals surface area contributed by atoms with Crippen LogP contribution < -0.4 is 10.1 Å². The van der Waals surface area contributed by atoms with Crippen molar-refractivity contribution in [2.75, 3.05) is 5.32 Å². The number of pyridine rings is 1. The highest BCUT2D eigenvalue weighted by Gasteiger charge is 2.61. The molecule has 1 aliphatic rings. The van der Waals surface area contributed by atoms with E-state index >= 15 is 0 Å². The van der Waals surface area contributed by atoms with Crippen LogP contribution in [0.15, 0.2) is 53.0 Å². The van der Waals surface area contributed by atoms with E-state index < -0.39 is 77.9 Å². The van der Waals surface area contributed by atoms with Crippen LogP contribution in [0.5, 0.6) is 5.88 Å². The Kier molecular flexibility index (Phi) is 9.38. The lowest BCUT2D eigenvalue weighted by atomic mass is 9.95. The summed E-state index contributed by atoms with van der Waals surface area (Å²) in [4.78, 5) is 16.7. The Morgan fingerprint density at radius 1 is 1.14 bits per heavy atom. The molecule has 0 fully saturated rings. The van der Waals surface area contributed by atoms with Crippen molar-refractivity contribution in [2.45, 2.75) is 83.5 Å². The van der Waals surface area contributed by atoms with E-state index in [9.17, 15) is 26.7 Å². The molecule has 3 aromatic rings. The smallest absolute Gasteiger partial charge is 0.426 e. The van der Waals surface area contributed by atoms with Crippen molar-refractivity contribution in [1.29, 1.82) is 0 Å². The van der Waals surface area contributed by atoms with Gasteiger partial charge in [-0.2, -0.15) is 13.2 Å². The average molecular weight is 611 g/mol. The molecule has 4 bridgehead atoms. The van der Waals surface area contributed by atoms with Crippen LogP contribution in [-0.4, -0.2) is 39.2 Å². The Morgan fingerprint density at radius 2 is 1.86 bits per heavy atom.